The Bertz CT molecular complexity index is 3240. The van der Waals surface area contributed by atoms with E-state index in [4.69, 9.17) is 15.0 Å². The zero-order valence-corrected chi connectivity index (χ0v) is 31.0. The molecule has 0 fully saturated rings. The van der Waals surface area contributed by atoms with E-state index in [1.54, 1.807) is 0 Å². The highest BCUT2D eigenvalue weighted by Gasteiger charge is 2.19. The number of benzene rings is 8. The van der Waals surface area contributed by atoms with Gasteiger partial charge in [-0.2, -0.15) is 9.97 Å². The molecule has 0 aliphatic rings. The van der Waals surface area contributed by atoms with Gasteiger partial charge < -0.3 is 0 Å². The predicted molar refractivity (Wildman–Crippen MR) is 234 cm³/mol. The molecule has 0 amide bonds. The minimum atomic E-state index is 0.582. The second-order valence-corrected chi connectivity index (χ2v) is 15.1. The number of aromatic nitrogens is 4. The van der Waals surface area contributed by atoms with Crippen LogP contribution in [-0.4, -0.2) is 19.5 Å². The first-order valence-electron chi connectivity index (χ1n) is 18.8. The largest absolute Gasteiger partial charge is 0.278 e. The van der Waals surface area contributed by atoms with Gasteiger partial charge in [-0.3, -0.25) is 4.57 Å². The number of para-hydroxylation sites is 1. The van der Waals surface area contributed by atoms with Crippen LogP contribution in [0.25, 0.3) is 104 Å². The third-order valence-electron chi connectivity index (χ3n) is 10.7. The van der Waals surface area contributed by atoms with E-state index in [1.807, 2.05) is 29.5 Å². The van der Waals surface area contributed by atoms with Gasteiger partial charge in [-0.05, 0) is 69.8 Å². The van der Waals surface area contributed by atoms with E-state index >= 15 is 0 Å². The van der Waals surface area contributed by atoms with Crippen LogP contribution in [0.3, 0.4) is 0 Å². The van der Waals surface area contributed by atoms with E-state index < -0.39 is 0 Å². The number of thiophene rings is 1. The van der Waals surface area contributed by atoms with Gasteiger partial charge in [0.15, 0.2) is 11.6 Å². The van der Waals surface area contributed by atoms with Crippen molar-refractivity contribution >= 4 is 53.3 Å². The highest BCUT2D eigenvalue weighted by Crippen LogP contribution is 2.42. The summed E-state index contributed by atoms with van der Waals surface area (Å²) in [5.74, 6) is 1.83. The van der Waals surface area contributed by atoms with Crippen molar-refractivity contribution in [3.05, 3.63) is 194 Å². The summed E-state index contributed by atoms with van der Waals surface area (Å²) in [7, 11) is 0. The Labute approximate surface area is 327 Å². The van der Waals surface area contributed by atoms with Crippen LogP contribution in [0.4, 0.5) is 0 Å². The van der Waals surface area contributed by atoms with E-state index in [9.17, 15) is 0 Å². The molecule has 0 N–H and O–H groups in total. The lowest BCUT2D eigenvalue weighted by molar-refractivity contribution is 0.953. The Morgan fingerprint density at radius 2 is 0.893 bits per heavy atom. The summed E-state index contributed by atoms with van der Waals surface area (Å²) in [6.07, 6.45) is 0. The Morgan fingerprint density at radius 1 is 0.339 bits per heavy atom. The van der Waals surface area contributed by atoms with E-state index in [1.165, 1.54) is 48.0 Å². The van der Waals surface area contributed by atoms with E-state index in [-0.39, 0.29) is 0 Å². The van der Waals surface area contributed by atoms with Crippen LogP contribution < -0.4 is 0 Å². The molecule has 11 aromatic rings. The summed E-state index contributed by atoms with van der Waals surface area (Å²) in [5, 5.41) is 4.85. The first-order chi connectivity index (χ1) is 27.7. The average Bonchev–Trinajstić information content (AvgIpc) is 3.82. The van der Waals surface area contributed by atoms with Gasteiger partial charge in [0.05, 0.1) is 11.0 Å². The number of fused-ring (bicyclic) bond motifs is 6. The molecule has 0 unspecified atom stereocenters. The van der Waals surface area contributed by atoms with Gasteiger partial charge in [0.2, 0.25) is 5.95 Å². The van der Waals surface area contributed by atoms with Crippen LogP contribution in [0.15, 0.2) is 194 Å². The summed E-state index contributed by atoms with van der Waals surface area (Å²) >= 11 is 1.85. The third-order valence-corrected chi connectivity index (χ3v) is 11.9. The Kier molecular flexibility index (Phi) is 7.64. The molecule has 4 nitrogen and oxygen atoms in total. The van der Waals surface area contributed by atoms with Crippen LogP contribution in [0.1, 0.15) is 0 Å². The molecule has 0 aliphatic carbocycles. The maximum atomic E-state index is 5.27. The van der Waals surface area contributed by atoms with Gasteiger partial charge in [0, 0.05) is 42.1 Å². The molecule has 0 bridgehead atoms. The first-order valence-corrected chi connectivity index (χ1v) is 19.6. The lowest BCUT2D eigenvalue weighted by atomic mass is 9.99. The molecule has 0 atom stereocenters. The molecule has 3 aromatic heterocycles. The smallest absolute Gasteiger partial charge is 0.238 e. The molecule has 0 saturated carbocycles. The molecule has 3 heterocycles. The molecule has 0 aliphatic heterocycles. The normalized spacial score (nSPS) is 11.6. The molecular weight excluding hydrogens is 701 g/mol. The van der Waals surface area contributed by atoms with Crippen LogP contribution in [0.5, 0.6) is 0 Å². The van der Waals surface area contributed by atoms with Crippen LogP contribution in [0.2, 0.25) is 0 Å². The van der Waals surface area contributed by atoms with Gasteiger partial charge in [-0.25, -0.2) is 4.98 Å². The summed E-state index contributed by atoms with van der Waals surface area (Å²) in [6.45, 7) is 0. The molecule has 5 heteroatoms. The van der Waals surface area contributed by atoms with Gasteiger partial charge >= 0.3 is 0 Å². The van der Waals surface area contributed by atoms with Crippen molar-refractivity contribution in [1.82, 2.24) is 19.5 Å². The fourth-order valence-electron chi connectivity index (χ4n) is 7.97. The van der Waals surface area contributed by atoms with Crippen LogP contribution in [-0.2, 0) is 0 Å². The molecular formula is C51H32N4S. The topological polar surface area (TPSA) is 43.6 Å². The zero-order valence-electron chi connectivity index (χ0n) is 30.2. The van der Waals surface area contributed by atoms with E-state index in [0.29, 0.717) is 17.6 Å². The number of nitrogens with zero attached hydrogens (tertiary/aromatic N) is 4. The highest BCUT2D eigenvalue weighted by molar-refractivity contribution is 7.26. The summed E-state index contributed by atoms with van der Waals surface area (Å²) < 4.78 is 4.73. The van der Waals surface area contributed by atoms with Crippen molar-refractivity contribution in [2.45, 2.75) is 0 Å². The second-order valence-electron chi connectivity index (χ2n) is 14.0. The average molecular weight is 733 g/mol. The maximum absolute atomic E-state index is 5.27. The zero-order chi connectivity index (χ0) is 37.0. The molecule has 8 aromatic carbocycles. The molecule has 56 heavy (non-hydrogen) atoms. The Morgan fingerprint density at radius 3 is 1.64 bits per heavy atom. The summed E-state index contributed by atoms with van der Waals surface area (Å²) in [4.78, 5) is 15.6. The van der Waals surface area contributed by atoms with Crippen LogP contribution in [0, 0.1) is 0 Å². The van der Waals surface area contributed by atoms with Crippen LogP contribution >= 0.6 is 11.3 Å². The Balaban J connectivity index is 1.08. The number of rotatable bonds is 6. The lowest BCUT2D eigenvalue weighted by Gasteiger charge is -2.12. The van der Waals surface area contributed by atoms with E-state index in [0.717, 1.165) is 38.5 Å². The van der Waals surface area contributed by atoms with Crippen molar-refractivity contribution in [1.29, 1.82) is 0 Å². The van der Waals surface area contributed by atoms with Gasteiger partial charge in [0.1, 0.15) is 0 Å². The minimum absolute atomic E-state index is 0.582. The van der Waals surface area contributed by atoms with Gasteiger partial charge in [-0.15, -0.1) is 11.3 Å². The SMILES string of the molecule is c1ccc(-c2ccc3sc4c(-c5cccc(-c6nc(-c7ccccc7)nc(-n7c8ccccc8c8cc(-c9ccccc9)ccc87)n6)c5)cccc4c3c2)cc1. The summed E-state index contributed by atoms with van der Waals surface area (Å²) in [6, 6.07) is 68.6. The standard InChI is InChI=1S/C51H32N4S/c1-4-14-33(15-5-1)36-26-28-46-43(31-36)41-22-10-11-25-45(41)55(46)51-53-49(35-18-8-3-9-19-35)52-50(54-51)39-21-12-20-38(30-39)40-23-13-24-42-44-32-37(34-16-6-2-7-17-34)27-29-47(44)56-48(40)42/h1-32H. The van der Waals surface area contributed by atoms with E-state index in [2.05, 4.69) is 180 Å². The highest BCUT2D eigenvalue weighted by atomic mass is 32.1. The summed E-state index contributed by atoms with van der Waals surface area (Å²) in [5.41, 5.74) is 11.1. The van der Waals surface area contributed by atoms with Crippen molar-refractivity contribution in [2.24, 2.45) is 0 Å². The molecule has 0 spiro atoms. The molecule has 11 rings (SSSR count). The van der Waals surface area contributed by atoms with Crippen molar-refractivity contribution < 1.29 is 0 Å². The predicted octanol–water partition coefficient (Wildman–Crippen LogP) is 13.7. The van der Waals surface area contributed by atoms with Crippen molar-refractivity contribution in [3.63, 3.8) is 0 Å². The number of hydrogen-bond acceptors (Lipinski definition) is 4. The number of hydrogen-bond donors (Lipinski definition) is 0. The fraction of sp³-hybridized carbons (Fsp3) is 0. The lowest BCUT2D eigenvalue weighted by Crippen LogP contribution is -2.06. The molecule has 0 radical (unpaired) electrons. The quantitative estimate of drug-likeness (QED) is 0.171. The Hall–Kier alpha value is -7.21. The van der Waals surface area contributed by atoms with Crippen molar-refractivity contribution in [2.75, 3.05) is 0 Å². The third kappa shape index (κ3) is 5.48. The fourth-order valence-corrected chi connectivity index (χ4v) is 9.19. The second kappa shape index (κ2) is 13.3. The van der Waals surface area contributed by atoms with Gasteiger partial charge in [0.25, 0.3) is 0 Å². The van der Waals surface area contributed by atoms with Gasteiger partial charge in [-0.1, -0.05) is 158 Å². The monoisotopic (exact) mass is 732 g/mol. The molecule has 262 valence electrons. The first kappa shape index (κ1) is 32.2. The molecule has 0 saturated heterocycles. The minimum Gasteiger partial charge on any atom is -0.278 e. The maximum Gasteiger partial charge on any atom is 0.238 e. The van der Waals surface area contributed by atoms with Crippen molar-refractivity contribution in [3.8, 4) is 62.1 Å².